The van der Waals surface area contributed by atoms with Crippen LogP contribution in [0.15, 0.2) is 53.5 Å². The number of aryl methyl sites for hydroxylation is 1. The first-order valence-corrected chi connectivity index (χ1v) is 7.67. The van der Waals surface area contributed by atoms with E-state index in [2.05, 4.69) is 5.32 Å². The Kier molecular flexibility index (Phi) is 4.31. The number of hydrogen-bond acceptors (Lipinski definition) is 3. The molecular formula is C19H14FN3O2. The molecule has 3 rings (SSSR count). The van der Waals surface area contributed by atoms with Crippen LogP contribution in [0, 0.1) is 17.1 Å². The van der Waals surface area contributed by atoms with Crippen molar-refractivity contribution >= 4 is 22.5 Å². The van der Waals surface area contributed by atoms with Crippen molar-refractivity contribution in [2.24, 2.45) is 0 Å². The third kappa shape index (κ3) is 3.12. The Morgan fingerprint density at radius 3 is 2.60 bits per heavy atom. The molecule has 0 aliphatic rings. The molecule has 0 saturated heterocycles. The Balaban J connectivity index is 2.05. The quantitative estimate of drug-likeness (QED) is 0.798. The Hall–Kier alpha value is -3.46. The highest BCUT2D eigenvalue weighted by Crippen LogP contribution is 2.15. The summed E-state index contributed by atoms with van der Waals surface area (Å²) in [5, 5.41) is 11.6. The lowest BCUT2D eigenvalue weighted by molar-refractivity contribution is 0.102. The summed E-state index contributed by atoms with van der Waals surface area (Å²) in [6, 6.07) is 12.2. The van der Waals surface area contributed by atoms with Crippen molar-refractivity contribution in [2.45, 2.75) is 13.5 Å². The van der Waals surface area contributed by atoms with Gasteiger partial charge in [-0.15, -0.1) is 0 Å². The maximum atomic E-state index is 13.5. The van der Waals surface area contributed by atoms with E-state index in [9.17, 15) is 14.0 Å². The van der Waals surface area contributed by atoms with E-state index in [1.807, 2.05) is 13.0 Å². The molecule has 0 fully saturated rings. The second kappa shape index (κ2) is 6.57. The van der Waals surface area contributed by atoms with Gasteiger partial charge in [-0.2, -0.15) is 5.26 Å². The predicted molar refractivity (Wildman–Crippen MR) is 93.0 cm³/mol. The zero-order chi connectivity index (χ0) is 18.0. The van der Waals surface area contributed by atoms with Crippen LogP contribution in [0.3, 0.4) is 0 Å². The molecule has 1 heterocycles. The van der Waals surface area contributed by atoms with Gasteiger partial charge in [0.2, 0.25) is 5.43 Å². The monoisotopic (exact) mass is 335 g/mol. The molecule has 25 heavy (non-hydrogen) atoms. The molecule has 0 atom stereocenters. The van der Waals surface area contributed by atoms with E-state index in [4.69, 9.17) is 5.26 Å². The normalized spacial score (nSPS) is 10.4. The van der Waals surface area contributed by atoms with E-state index >= 15 is 0 Å². The number of hydrogen-bond donors (Lipinski definition) is 1. The van der Waals surface area contributed by atoms with Crippen molar-refractivity contribution < 1.29 is 9.18 Å². The summed E-state index contributed by atoms with van der Waals surface area (Å²) in [7, 11) is 0. The van der Waals surface area contributed by atoms with Crippen LogP contribution in [0.5, 0.6) is 0 Å². The highest BCUT2D eigenvalue weighted by molar-refractivity contribution is 6.05. The molecule has 0 bridgehead atoms. The molecule has 6 heteroatoms. The Morgan fingerprint density at radius 1 is 1.24 bits per heavy atom. The Labute approximate surface area is 142 Å². The van der Waals surface area contributed by atoms with Gasteiger partial charge in [-0.3, -0.25) is 9.59 Å². The van der Waals surface area contributed by atoms with Gasteiger partial charge in [-0.05, 0) is 49.4 Å². The molecule has 2 aromatic carbocycles. The fourth-order valence-corrected chi connectivity index (χ4v) is 2.62. The number of benzene rings is 2. The average Bonchev–Trinajstić information content (AvgIpc) is 2.63. The molecule has 0 saturated carbocycles. The van der Waals surface area contributed by atoms with E-state index in [1.54, 1.807) is 28.8 Å². The second-order valence-corrected chi connectivity index (χ2v) is 5.46. The number of carbonyl (C=O) groups excluding carboxylic acids is 1. The molecule has 1 N–H and O–H groups in total. The first-order valence-electron chi connectivity index (χ1n) is 7.67. The highest BCUT2D eigenvalue weighted by Gasteiger charge is 2.16. The van der Waals surface area contributed by atoms with Crippen LogP contribution >= 0.6 is 0 Å². The summed E-state index contributed by atoms with van der Waals surface area (Å²) < 4.78 is 15.3. The molecule has 0 spiro atoms. The van der Waals surface area contributed by atoms with Crippen LogP contribution in [-0.4, -0.2) is 10.5 Å². The maximum absolute atomic E-state index is 13.5. The highest BCUT2D eigenvalue weighted by atomic mass is 19.1. The fourth-order valence-electron chi connectivity index (χ4n) is 2.62. The summed E-state index contributed by atoms with van der Waals surface area (Å²) in [6.45, 7) is 2.40. The number of nitriles is 1. The van der Waals surface area contributed by atoms with Crippen molar-refractivity contribution in [1.29, 1.82) is 5.26 Å². The third-order valence-electron chi connectivity index (χ3n) is 3.90. The predicted octanol–water partition coefficient (Wildman–Crippen LogP) is 3.28. The lowest BCUT2D eigenvalue weighted by Crippen LogP contribution is -2.24. The lowest BCUT2D eigenvalue weighted by Gasteiger charge is -2.12. The third-order valence-corrected chi connectivity index (χ3v) is 3.90. The number of amides is 1. The zero-order valence-electron chi connectivity index (χ0n) is 13.4. The minimum Gasteiger partial charge on any atom is -0.347 e. The van der Waals surface area contributed by atoms with Crippen LogP contribution in [0.2, 0.25) is 0 Å². The number of carbonyl (C=O) groups is 1. The van der Waals surface area contributed by atoms with Crippen molar-refractivity contribution in [3.63, 3.8) is 0 Å². The van der Waals surface area contributed by atoms with E-state index in [0.29, 0.717) is 23.3 Å². The number of halogens is 1. The van der Waals surface area contributed by atoms with Gasteiger partial charge in [0.15, 0.2) is 0 Å². The Bertz CT molecular complexity index is 1060. The number of nitrogens with zero attached hydrogens (tertiary/aromatic N) is 2. The summed E-state index contributed by atoms with van der Waals surface area (Å²) in [5.74, 6) is -1.11. The molecule has 1 aromatic heterocycles. The molecule has 124 valence electrons. The lowest BCUT2D eigenvalue weighted by atomic mass is 10.1. The first-order chi connectivity index (χ1) is 12.0. The van der Waals surface area contributed by atoms with E-state index in [-0.39, 0.29) is 10.9 Å². The Morgan fingerprint density at radius 2 is 1.96 bits per heavy atom. The van der Waals surface area contributed by atoms with Gasteiger partial charge >= 0.3 is 0 Å². The number of nitrogens with one attached hydrogen (secondary N) is 1. The standard InChI is InChI=1S/C19H14FN3O2/c1-2-23-11-16(18(24)15-9-13(20)5-8-17(15)23)19(25)22-14-6-3-12(10-21)4-7-14/h3-9,11H,2H2,1H3,(H,22,25). The summed E-state index contributed by atoms with van der Waals surface area (Å²) in [6.07, 6.45) is 1.47. The van der Waals surface area contributed by atoms with Gasteiger partial charge in [0.1, 0.15) is 11.4 Å². The molecule has 5 nitrogen and oxygen atoms in total. The topological polar surface area (TPSA) is 74.9 Å². The molecule has 1 amide bonds. The minimum absolute atomic E-state index is 0.0655. The summed E-state index contributed by atoms with van der Waals surface area (Å²) in [5.41, 5.74) is 0.914. The van der Waals surface area contributed by atoms with Gasteiger partial charge in [0.05, 0.1) is 17.1 Å². The van der Waals surface area contributed by atoms with Gasteiger partial charge in [0, 0.05) is 23.8 Å². The SMILES string of the molecule is CCn1cc(C(=O)Nc2ccc(C#N)cc2)c(=O)c2cc(F)ccc21. The van der Waals surface area contributed by atoms with Gasteiger partial charge in [-0.1, -0.05) is 0 Å². The van der Waals surface area contributed by atoms with Crippen LogP contribution in [0.25, 0.3) is 10.9 Å². The van der Waals surface area contributed by atoms with E-state index in [0.717, 1.165) is 6.07 Å². The van der Waals surface area contributed by atoms with E-state index in [1.165, 1.54) is 18.3 Å². The molecule has 0 aliphatic carbocycles. The van der Waals surface area contributed by atoms with Crippen molar-refractivity contribution in [1.82, 2.24) is 4.57 Å². The van der Waals surface area contributed by atoms with Crippen molar-refractivity contribution in [2.75, 3.05) is 5.32 Å². The molecule has 0 unspecified atom stereocenters. The summed E-state index contributed by atoms with van der Waals surface area (Å²) >= 11 is 0. The van der Waals surface area contributed by atoms with Crippen molar-refractivity contribution in [3.05, 3.63) is 75.8 Å². The average molecular weight is 335 g/mol. The largest absolute Gasteiger partial charge is 0.347 e. The zero-order valence-corrected chi connectivity index (χ0v) is 13.4. The van der Waals surface area contributed by atoms with Crippen LogP contribution in [-0.2, 0) is 6.54 Å². The number of pyridine rings is 1. The number of aromatic nitrogens is 1. The van der Waals surface area contributed by atoms with Crippen molar-refractivity contribution in [3.8, 4) is 6.07 Å². The second-order valence-electron chi connectivity index (χ2n) is 5.46. The molecule has 3 aromatic rings. The molecule has 0 radical (unpaired) electrons. The van der Waals surface area contributed by atoms with Gasteiger partial charge in [0.25, 0.3) is 5.91 Å². The van der Waals surface area contributed by atoms with Gasteiger partial charge < -0.3 is 9.88 Å². The molecule has 0 aliphatic heterocycles. The number of fused-ring (bicyclic) bond motifs is 1. The first kappa shape index (κ1) is 16.4. The number of rotatable bonds is 3. The fraction of sp³-hybridized carbons (Fsp3) is 0.105. The minimum atomic E-state index is -0.580. The smallest absolute Gasteiger partial charge is 0.261 e. The van der Waals surface area contributed by atoms with Gasteiger partial charge in [-0.25, -0.2) is 4.39 Å². The van der Waals surface area contributed by atoms with Crippen LogP contribution < -0.4 is 10.7 Å². The van der Waals surface area contributed by atoms with Crippen LogP contribution in [0.4, 0.5) is 10.1 Å². The van der Waals surface area contributed by atoms with E-state index < -0.39 is 17.2 Å². The summed E-state index contributed by atoms with van der Waals surface area (Å²) in [4.78, 5) is 25.1. The van der Waals surface area contributed by atoms with Crippen LogP contribution in [0.1, 0.15) is 22.8 Å². The molecular weight excluding hydrogens is 321 g/mol. The number of anilines is 1. The maximum Gasteiger partial charge on any atom is 0.261 e.